The minimum Gasteiger partial charge on any atom is -0.384 e. The molecule has 0 saturated heterocycles. The van der Waals surface area contributed by atoms with Gasteiger partial charge in [-0.3, -0.25) is 4.79 Å². The van der Waals surface area contributed by atoms with E-state index in [4.69, 9.17) is 10.4 Å². The van der Waals surface area contributed by atoms with Crippen molar-refractivity contribution in [1.29, 1.82) is 5.26 Å². The summed E-state index contributed by atoms with van der Waals surface area (Å²) in [5.74, 6) is -0.501. The second-order valence-corrected chi connectivity index (χ2v) is 2.27. The van der Waals surface area contributed by atoms with Crippen LogP contribution in [0.5, 0.6) is 0 Å². The van der Waals surface area contributed by atoms with Crippen molar-refractivity contribution in [2.24, 2.45) is 0 Å². The third kappa shape index (κ3) is 3.58. The van der Waals surface area contributed by atoms with E-state index in [1.54, 1.807) is 6.92 Å². The van der Waals surface area contributed by atoms with E-state index in [2.05, 4.69) is 5.32 Å². The van der Waals surface area contributed by atoms with E-state index in [9.17, 15) is 4.79 Å². The molecule has 62 valence electrons. The molecule has 0 bridgehead atoms. The van der Waals surface area contributed by atoms with Gasteiger partial charge in [-0.2, -0.15) is 5.26 Å². The fourth-order valence-electron chi connectivity index (χ4n) is 0.518. The van der Waals surface area contributed by atoms with Crippen LogP contribution in [0.4, 0.5) is 0 Å². The molecule has 0 heterocycles. The number of aliphatic hydroxyl groups excluding tert-OH is 1. The molecular formula is C7H12N2O2. The fourth-order valence-corrected chi connectivity index (χ4v) is 0.518. The van der Waals surface area contributed by atoms with E-state index in [0.717, 1.165) is 0 Å². The van der Waals surface area contributed by atoms with Crippen molar-refractivity contribution in [1.82, 2.24) is 5.32 Å². The van der Waals surface area contributed by atoms with Gasteiger partial charge in [0.2, 0.25) is 5.91 Å². The van der Waals surface area contributed by atoms with Gasteiger partial charge in [0.05, 0.1) is 6.07 Å². The van der Waals surface area contributed by atoms with Crippen molar-refractivity contribution in [3.05, 3.63) is 0 Å². The van der Waals surface area contributed by atoms with Gasteiger partial charge in [-0.1, -0.05) is 6.92 Å². The smallest absolute Gasteiger partial charge is 0.249 e. The van der Waals surface area contributed by atoms with E-state index in [1.807, 2.05) is 6.07 Å². The summed E-state index contributed by atoms with van der Waals surface area (Å²) in [6, 6.07) is 1.41. The predicted molar refractivity (Wildman–Crippen MR) is 39.5 cm³/mol. The van der Waals surface area contributed by atoms with E-state index in [0.29, 0.717) is 6.42 Å². The molecule has 0 aromatic heterocycles. The highest BCUT2D eigenvalue weighted by Gasteiger charge is 2.12. The number of nitrogens with zero attached hydrogens (tertiary/aromatic N) is 1. The summed E-state index contributed by atoms with van der Waals surface area (Å²) >= 11 is 0. The van der Waals surface area contributed by atoms with Crippen LogP contribution in [0.25, 0.3) is 0 Å². The SMILES string of the molecule is CC[C@@H](C#N)NC(=O)C(C)O. The van der Waals surface area contributed by atoms with Crippen LogP contribution in [0.3, 0.4) is 0 Å². The van der Waals surface area contributed by atoms with Crippen molar-refractivity contribution in [3.8, 4) is 6.07 Å². The Morgan fingerprint density at radius 2 is 2.36 bits per heavy atom. The number of hydrogen-bond donors (Lipinski definition) is 2. The summed E-state index contributed by atoms with van der Waals surface area (Å²) < 4.78 is 0. The predicted octanol–water partition coefficient (Wildman–Crippen LogP) is -0.214. The van der Waals surface area contributed by atoms with Crippen LogP contribution in [0.2, 0.25) is 0 Å². The van der Waals surface area contributed by atoms with Gasteiger partial charge in [-0.15, -0.1) is 0 Å². The number of amides is 1. The van der Waals surface area contributed by atoms with Gasteiger partial charge in [-0.25, -0.2) is 0 Å². The lowest BCUT2D eigenvalue weighted by molar-refractivity contribution is -0.128. The molecule has 0 fully saturated rings. The lowest BCUT2D eigenvalue weighted by Gasteiger charge is -2.09. The van der Waals surface area contributed by atoms with Gasteiger partial charge in [0.15, 0.2) is 0 Å². The Labute approximate surface area is 65.8 Å². The lowest BCUT2D eigenvalue weighted by Crippen LogP contribution is -2.39. The van der Waals surface area contributed by atoms with Gasteiger partial charge in [0.1, 0.15) is 12.1 Å². The van der Waals surface area contributed by atoms with Crippen LogP contribution in [-0.2, 0) is 4.79 Å². The Kier molecular flexibility index (Phi) is 4.23. The average Bonchev–Trinajstić information content (AvgIpc) is 1.99. The van der Waals surface area contributed by atoms with Crippen LogP contribution in [-0.4, -0.2) is 23.2 Å². The third-order valence-corrected chi connectivity index (χ3v) is 1.26. The largest absolute Gasteiger partial charge is 0.384 e. The average molecular weight is 156 g/mol. The minimum absolute atomic E-state index is 0.489. The second kappa shape index (κ2) is 4.69. The standard InChI is InChI=1S/C7H12N2O2/c1-3-6(4-8)9-7(11)5(2)10/h5-6,10H,3H2,1-2H3,(H,9,11)/t5?,6-/m0/s1. The summed E-state index contributed by atoms with van der Waals surface area (Å²) in [6.07, 6.45) is -0.494. The van der Waals surface area contributed by atoms with Crippen LogP contribution in [0, 0.1) is 11.3 Å². The molecule has 0 rings (SSSR count). The molecule has 1 unspecified atom stereocenters. The third-order valence-electron chi connectivity index (χ3n) is 1.26. The van der Waals surface area contributed by atoms with E-state index < -0.39 is 18.1 Å². The Morgan fingerprint density at radius 3 is 2.64 bits per heavy atom. The molecule has 0 saturated carbocycles. The molecule has 0 aromatic rings. The van der Waals surface area contributed by atoms with Gasteiger partial charge >= 0.3 is 0 Å². The maximum atomic E-state index is 10.8. The number of rotatable bonds is 3. The van der Waals surface area contributed by atoms with Crippen LogP contribution < -0.4 is 5.32 Å². The first kappa shape index (κ1) is 9.92. The van der Waals surface area contributed by atoms with Crippen molar-refractivity contribution < 1.29 is 9.90 Å². The highest BCUT2D eigenvalue weighted by Crippen LogP contribution is 1.89. The number of aliphatic hydroxyl groups is 1. The Balaban J connectivity index is 3.84. The van der Waals surface area contributed by atoms with Crippen LogP contribution >= 0.6 is 0 Å². The zero-order chi connectivity index (χ0) is 8.85. The molecule has 4 heteroatoms. The molecule has 4 nitrogen and oxygen atoms in total. The summed E-state index contributed by atoms with van der Waals surface area (Å²) in [4.78, 5) is 10.8. The molecule has 0 aliphatic heterocycles. The molecule has 1 amide bonds. The molecule has 0 aromatic carbocycles. The van der Waals surface area contributed by atoms with Gasteiger partial charge in [0, 0.05) is 0 Å². The lowest BCUT2D eigenvalue weighted by atomic mass is 10.2. The molecule has 11 heavy (non-hydrogen) atoms. The number of nitrogens with one attached hydrogen (secondary N) is 1. The Hall–Kier alpha value is -1.08. The number of carbonyl (C=O) groups excluding carboxylic acids is 1. The quantitative estimate of drug-likeness (QED) is 0.593. The molecule has 0 spiro atoms. The van der Waals surface area contributed by atoms with Gasteiger partial charge in [0.25, 0.3) is 0 Å². The number of carbonyl (C=O) groups is 1. The van der Waals surface area contributed by atoms with Crippen molar-refractivity contribution in [2.45, 2.75) is 32.4 Å². The Bertz CT molecular complexity index is 172. The second-order valence-electron chi connectivity index (χ2n) is 2.27. The molecule has 0 radical (unpaired) electrons. The minimum atomic E-state index is -1.04. The summed E-state index contributed by atoms with van der Waals surface area (Å²) in [5.41, 5.74) is 0. The number of hydrogen-bond acceptors (Lipinski definition) is 3. The zero-order valence-corrected chi connectivity index (χ0v) is 6.66. The highest BCUT2D eigenvalue weighted by atomic mass is 16.3. The normalized spacial score (nSPS) is 14.7. The van der Waals surface area contributed by atoms with Crippen LogP contribution in [0.1, 0.15) is 20.3 Å². The first-order valence-corrected chi connectivity index (χ1v) is 3.49. The molecule has 2 N–H and O–H groups in total. The van der Waals surface area contributed by atoms with E-state index >= 15 is 0 Å². The van der Waals surface area contributed by atoms with E-state index in [-0.39, 0.29) is 0 Å². The maximum absolute atomic E-state index is 10.8. The molecule has 0 aliphatic carbocycles. The van der Waals surface area contributed by atoms with Crippen molar-refractivity contribution in [3.63, 3.8) is 0 Å². The first-order valence-electron chi connectivity index (χ1n) is 3.49. The van der Waals surface area contributed by atoms with Gasteiger partial charge < -0.3 is 10.4 Å². The van der Waals surface area contributed by atoms with E-state index in [1.165, 1.54) is 6.92 Å². The van der Waals surface area contributed by atoms with Crippen molar-refractivity contribution in [2.75, 3.05) is 0 Å². The summed E-state index contributed by atoms with van der Waals surface area (Å²) in [5, 5.41) is 19.5. The molecular weight excluding hydrogens is 144 g/mol. The monoisotopic (exact) mass is 156 g/mol. The van der Waals surface area contributed by atoms with Crippen LogP contribution in [0.15, 0.2) is 0 Å². The molecule has 2 atom stereocenters. The fraction of sp³-hybridized carbons (Fsp3) is 0.714. The summed E-state index contributed by atoms with van der Waals surface area (Å²) in [7, 11) is 0. The first-order chi connectivity index (χ1) is 5.11. The summed E-state index contributed by atoms with van der Waals surface area (Å²) in [6.45, 7) is 3.15. The Morgan fingerprint density at radius 1 is 1.82 bits per heavy atom. The van der Waals surface area contributed by atoms with Gasteiger partial charge in [-0.05, 0) is 13.3 Å². The maximum Gasteiger partial charge on any atom is 0.249 e. The highest BCUT2D eigenvalue weighted by molar-refractivity contribution is 5.80. The zero-order valence-electron chi connectivity index (χ0n) is 6.66. The van der Waals surface area contributed by atoms with Crippen molar-refractivity contribution >= 4 is 5.91 Å². The molecule has 0 aliphatic rings. The number of nitriles is 1. The topological polar surface area (TPSA) is 73.1 Å².